The lowest BCUT2D eigenvalue weighted by molar-refractivity contribution is -0.150. The molecule has 2 bridgehead atoms. The van der Waals surface area contributed by atoms with Crippen molar-refractivity contribution in [2.24, 2.45) is 17.8 Å². The molecule has 2 aromatic rings. The van der Waals surface area contributed by atoms with E-state index in [4.69, 9.17) is 16.3 Å². The molecule has 3 aliphatic rings. The fourth-order valence-electron chi connectivity index (χ4n) is 8.05. The first-order valence-electron chi connectivity index (χ1n) is 15.8. The lowest BCUT2D eigenvalue weighted by atomic mass is 9.64. The van der Waals surface area contributed by atoms with E-state index in [9.17, 15) is 14.7 Å². The highest BCUT2D eigenvalue weighted by Gasteiger charge is 2.79. The van der Waals surface area contributed by atoms with Crippen LogP contribution in [0.5, 0.6) is 0 Å². The number of aliphatic hydroxyl groups is 1. The monoisotopic (exact) mass is 633 g/mol. The summed E-state index contributed by atoms with van der Waals surface area (Å²) < 4.78 is 7.03. The van der Waals surface area contributed by atoms with Crippen LogP contribution in [0.1, 0.15) is 45.6 Å². The van der Waals surface area contributed by atoms with Crippen molar-refractivity contribution in [3.8, 4) is 0 Å². The number of likely N-dealkylation sites (tertiary alicyclic amines) is 1. The number of fused-ring (bicyclic) bond motifs is 1. The number of carbonyl (C=O) groups excluding carboxylic acids is 3. The molecule has 3 heterocycles. The fourth-order valence-corrected chi connectivity index (χ4v) is 8.37. The summed E-state index contributed by atoms with van der Waals surface area (Å²) in [6, 6.07) is 13.0. The highest BCUT2D eigenvalue weighted by molar-refractivity contribution is 6.34. The predicted molar refractivity (Wildman–Crippen MR) is 177 cm³/mol. The first-order valence-corrected chi connectivity index (χ1v) is 16.2. The second-order valence-electron chi connectivity index (χ2n) is 12.8. The Morgan fingerprint density at radius 3 is 2.31 bits per heavy atom. The van der Waals surface area contributed by atoms with E-state index in [1.54, 1.807) is 28.0 Å². The molecule has 0 radical (unpaired) electrons. The maximum Gasteiger partial charge on any atom is 0.253 e. The third-order valence-corrected chi connectivity index (χ3v) is 10.4. The molecule has 1 N–H and O–H groups in total. The van der Waals surface area contributed by atoms with E-state index in [2.05, 4.69) is 13.2 Å². The summed E-state index contributed by atoms with van der Waals surface area (Å²) in [5.74, 6) is -2.85. The van der Waals surface area contributed by atoms with Gasteiger partial charge in [0.15, 0.2) is 0 Å². The van der Waals surface area contributed by atoms with Gasteiger partial charge in [0.2, 0.25) is 11.8 Å². The summed E-state index contributed by atoms with van der Waals surface area (Å²) in [5.41, 5.74) is -0.164. The first-order chi connectivity index (χ1) is 21.5. The van der Waals surface area contributed by atoms with Crippen LogP contribution in [0.25, 0.3) is 0 Å². The van der Waals surface area contributed by atoms with Gasteiger partial charge in [0.1, 0.15) is 11.6 Å². The summed E-state index contributed by atoms with van der Waals surface area (Å²) in [7, 11) is 0. The molecule has 6 atom stereocenters. The summed E-state index contributed by atoms with van der Waals surface area (Å²) in [6.45, 7) is 15.5. The Balaban J connectivity index is 1.69. The van der Waals surface area contributed by atoms with Crippen LogP contribution in [0, 0.1) is 24.7 Å². The number of amides is 3. The van der Waals surface area contributed by atoms with E-state index in [1.807, 2.05) is 70.2 Å². The molecule has 3 amide bonds. The Morgan fingerprint density at radius 1 is 1.07 bits per heavy atom. The van der Waals surface area contributed by atoms with Crippen LogP contribution >= 0.6 is 11.6 Å². The largest absolute Gasteiger partial charge is 0.394 e. The number of hydrogen-bond donors (Lipinski definition) is 1. The molecule has 2 aromatic carbocycles. The fraction of sp³-hybridized carbons (Fsp3) is 0.472. The maximum absolute atomic E-state index is 15.0. The summed E-state index contributed by atoms with van der Waals surface area (Å²) in [5, 5.41) is 11.0. The quantitative estimate of drug-likeness (QED) is 0.309. The van der Waals surface area contributed by atoms with Gasteiger partial charge in [0, 0.05) is 18.8 Å². The Bertz CT molecular complexity index is 1460. The summed E-state index contributed by atoms with van der Waals surface area (Å²) >= 11 is 6.70. The van der Waals surface area contributed by atoms with Crippen LogP contribution in [-0.2, 0) is 19.1 Å². The van der Waals surface area contributed by atoms with Crippen molar-refractivity contribution < 1.29 is 24.2 Å². The van der Waals surface area contributed by atoms with Crippen molar-refractivity contribution in [3.63, 3.8) is 0 Å². The molecular weight excluding hydrogens is 590 g/mol. The number of nitrogens with zero attached hydrogens (tertiary/aromatic N) is 3. The zero-order valence-corrected chi connectivity index (χ0v) is 27.4. The van der Waals surface area contributed by atoms with E-state index in [0.29, 0.717) is 35.7 Å². The number of carbonyl (C=O) groups is 3. The molecular formula is C36H44ClN3O5. The van der Waals surface area contributed by atoms with Crippen LogP contribution < -0.4 is 9.80 Å². The number of benzene rings is 2. The minimum Gasteiger partial charge on any atom is -0.394 e. The third-order valence-electron chi connectivity index (χ3n) is 10.1. The zero-order chi connectivity index (χ0) is 32.7. The van der Waals surface area contributed by atoms with Crippen molar-refractivity contribution in [1.82, 2.24) is 4.90 Å². The summed E-state index contributed by atoms with van der Waals surface area (Å²) in [6.07, 6.45) is 4.75. The van der Waals surface area contributed by atoms with Gasteiger partial charge in [-0.1, -0.05) is 74.9 Å². The molecule has 5 rings (SSSR count). The molecule has 3 saturated heterocycles. The number of ether oxygens (including phenoxy) is 1. The van der Waals surface area contributed by atoms with Crippen molar-refractivity contribution in [2.45, 2.75) is 70.2 Å². The number of para-hydroxylation sites is 2. The number of hydrogen-bond acceptors (Lipinski definition) is 5. The van der Waals surface area contributed by atoms with Crippen LogP contribution in [0.2, 0.25) is 5.02 Å². The minimum atomic E-state index is -1.27. The maximum atomic E-state index is 15.0. The molecule has 2 unspecified atom stereocenters. The molecule has 3 aliphatic heterocycles. The van der Waals surface area contributed by atoms with Gasteiger partial charge in [-0.25, -0.2) is 0 Å². The average molecular weight is 634 g/mol. The highest BCUT2D eigenvalue weighted by Crippen LogP contribution is 2.65. The van der Waals surface area contributed by atoms with Crippen molar-refractivity contribution in [2.75, 3.05) is 29.5 Å². The second-order valence-corrected chi connectivity index (χ2v) is 13.2. The van der Waals surface area contributed by atoms with Gasteiger partial charge in [0.25, 0.3) is 5.91 Å². The van der Waals surface area contributed by atoms with Gasteiger partial charge in [-0.2, -0.15) is 0 Å². The number of anilines is 2. The third kappa shape index (κ3) is 5.11. The van der Waals surface area contributed by atoms with Crippen molar-refractivity contribution in [1.29, 1.82) is 0 Å². The van der Waals surface area contributed by atoms with Crippen LogP contribution in [0.15, 0.2) is 73.8 Å². The topological polar surface area (TPSA) is 90.4 Å². The second kappa shape index (κ2) is 12.7. The average Bonchev–Trinajstić information content (AvgIpc) is 3.63. The van der Waals surface area contributed by atoms with Gasteiger partial charge < -0.3 is 24.5 Å². The van der Waals surface area contributed by atoms with Gasteiger partial charge in [-0.05, 0) is 55.9 Å². The molecule has 240 valence electrons. The number of rotatable bonds is 12. The molecule has 45 heavy (non-hydrogen) atoms. The molecule has 9 heteroatoms. The number of halogens is 1. The molecule has 0 aliphatic carbocycles. The standard InChI is InChI=1S/C36H44ClN3O5/c1-7-20-38(25-15-11-10-12-16-25)32(42)28-29-33(43)40(27(22-41)23(4)5)31(36(29)19-18-35(28,9-3)45-36)34(44)39(21-8-2)30-24(6)14-13-17-26(30)37/h7-8,10-17,23,27-29,31,41H,1-2,9,18-22H2,3-6H3/t27-,28+,29-,31?,35-,36?/m0/s1. The lowest BCUT2D eigenvalue weighted by Crippen LogP contribution is -2.60. The Morgan fingerprint density at radius 2 is 1.73 bits per heavy atom. The Hall–Kier alpha value is -3.46. The molecule has 8 nitrogen and oxygen atoms in total. The number of aryl methyl sites for hydroxylation is 1. The lowest BCUT2D eigenvalue weighted by Gasteiger charge is -2.41. The molecule has 0 saturated carbocycles. The van der Waals surface area contributed by atoms with Crippen LogP contribution in [0.4, 0.5) is 11.4 Å². The highest BCUT2D eigenvalue weighted by atomic mass is 35.5. The van der Waals surface area contributed by atoms with E-state index in [-0.39, 0.29) is 43.3 Å². The van der Waals surface area contributed by atoms with E-state index in [1.165, 1.54) is 4.90 Å². The van der Waals surface area contributed by atoms with Crippen molar-refractivity contribution in [3.05, 3.63) is 84.4 Å². The predicted octanol–water partition coefficient (Wildman–Crippen LogP) is 5.56. The zero-order valence-electron chi connectivity index (χ0n) is 26.6. The minimum absolute atomic E-state index is 0.149. The first kappa shape index (κ1) is 32.9. The van der Waals surface area contributed by atoms with Gasteiger partial charge in [-0.15, -0.1) is 13.2 Å². The Labute approximate surface area is 271 Å². The molecule has 0 aromatic heterocycles. The van der Waals surface area contributed by atoms with Crippen LogP contribution in [0.3, 0.4) is 0 Å². The van der Waals surface area contributed by atoms with E-state index in [0.717, 1.165) is 5.56 Å². The van der Waals surface area contributed by atoms with E-state index >= 15 is 4.79 Å². The molecule has 1 spiro atoms. The van der Waals surface area contributed by atoms with E-state index < -0.39 is 35.1 Å². The van der Waals surface area contributed by atoms with Crippen LogP contribution in [-0.4, -0.2) is 70.7 Å². The smallest absolute Gasteiger partial charge is 0.253 e. The Kier molecular flexibility index (Phi) is 9.32. The summed E-state index contributed by atoms with van der Waals surface area (Å²) in [4.78, 5) is 49.4. The normalized spacial score (nSPS) is 27.4. The van der Waals surface area contributed by atoms with Gasteiger partial charge in [-0.3, -0.25) is 14.4 Å². The van der Waals surface area contributed by atoms with Gasteiger partial charge >= 0.3 is 0 Å². The number of aliphatic hydroxyl groups excluding tert-OH is 1. The molecule has 3 fully saturated rings. The SMILES string of the molecule is C=CCN(C(=O)[C@H]1[C@H]2C(=O)N([C@@H](CO)C(C)C)C(C(=O)N(CC=C)c3c(C)cccc3Cl)C23CC[C@]1(CC)O3)c1ccccc1. The van der Waals surface area contributed by atoms with Gasteiger partial charge in [0.05, 0.1) is 40.8 Å². The van der Waals surface area contributed by atoms with Crippen molar-refractivity contribution >= 4 is 40.7 Å².